The highest BCUT2D eigenvalue weighted by Gasteiger charge is 2.23. The van der Waals surface area contributed by atoms with Gasteiger partial charge in [-0.05, 0) is 30.3 Å². The maximum Gasteiger partial charge on any atom is 0.186 e. The Labute approximate surface area is 127 Å². The molecule has 1 unspecified atom stereocenters. The molecule has 0 radical (unpaired) electrons. The predicted molar refractivity (Wildman–Crippen MR) is 78.8 cm³/mol. The number of nitriles is 1. The number of aromatic nitrogens is 1. The summed E-state index contributed by atoms with van der Waals surface area (Å²) in [6.45, 7) is 0. The van der Waals surface area contributed by atoms with Crippen molar-refractivity contribution >= 4 is 37.6 Å². The number of pyridine rings is 1. The number of carbonyl (C=O) groups excluding carboxylic acids is 1. The summed E-state index contributed by atoms with van der Waals surface area (Å²) in [6.07, 6.45) is 1.57. The molecule has 1 heterocycles. The molecule has 0 aliphatic heterocycles. The largest absolute Gasteiger partial charge is 0.292 e. The summed E-state index contributed by atoms with van der Waals surface area (Å²) in [5.74, 6) is -1.15. The molecule has 2 rings (SSSR count). The molecule has 0 saturated carbocycles. The standard InChI is InChI=1S/C14H8Br2N2O/c15-10-5-9(6-11(16)7-10)14(19)12(8-17)13-3-1-2-4-18-13/h1-7,12H. The predicted octanol–water partition coefficient (Wildman–Crippen LogP) is 4.10. The summed E-state index contributed by atoms with van der Waals surface area (Å²) in [4.78, 5) is 16.5. The van der Waals surface area contributed by atoms with Crippen LogP contribution in [0.4, 0.5) is 0 Å². The fourth-order valence-corrected chi connectivity index (χ4v) is 2.96. The van der Waals surface area contributed by atoms with Crippen molar-refractivity contribution in [2.45, 2.75) is 5.92 Å². The van der Waals surface area contributed by atoms with Crippen molar-refractivity contribution in [1.29, 1.82) is 5.26 Å². The van der Waals surface area contributed by atoms with E-state index in [4.69, 9.17) is 0 Å². The number of benzene rings is 1. The Balaban J connectivity index is 2.40. The molecule has 0 spiro atoms. The van der Waals surface area contributed by atoms with Crippen LogP contribution in [-0.2, 0) is 0 Å². The van der Waals surface area contributed by atoms with Crippen LogP contribution in [0.2, 0.25) is 0 Å². The third-order valence-electron chi connectivity index (χ3n) is 2.52. The van der Waals surface area contributed by atoms with Crippen LogP contribution in [0.15, 0.2) is 51.5 Å². The van der Waals surface area contributed by atoms with Crippen molar-refractivity contribution < 1.29 is 4.79 Å². The van der Waals surface area contributed by atoms with Crippen molar-refractivity contribution in [3.05, 3.63) is 62.8 Å². The fourth-order valence-electron chi connectivity index (χ4n) is 1.67. The molecule has 3 nitrogen and oxygen atoms in total. The molecule has 0 N–H and O–H groups in total. The van der Waals surface area contributed by atoms with Gasteiger partial charge in [-0.15, -0.1) is 0 Å². The summed E-state index contributed by atoms with van der Waals surface area (Å²) in [6, 6.07) is 12.4. The van der Waals surface area contributed by atoms with Gasteiger partial charge in [0.25, 0.3) is 0 Å². The molecule has 19 heavy (non-hydrogen) atoms. The molecule has 0 aliphatic carbocycles. The minimum Gasteiger partial charge on any atom is -0.292 e. The van der Waals surface area contributed by atoms with Crippen LogP contribution in [0, 0.1) is 11.3 Å². The summed E-state index contributed by atoms with van der Waals surface area (Å²) in [7, 11) is 0. The van der Waals surface area contributed by atoms with Gasteiger partial charge in [-0.25, -0.2) is 0 Å². The highest BCUT2D eigenvalue weighted by molar-refractivity contribution is 9.11. The smallest absolute Gasteiger partial charge is 0.186 e. The Morgan fingerprint density at radius 2 is 1.89 bits per heavy atom. The second-order valence-electron chi connectivity index (χ2n) is 3.84. The molecule has 5 heteroatoms. The Hall–Kier alpha value is -1.51. The van der Waals surface area contributed by atoms with Crippen LogP contribution in [0.1, 0.15) is 22.0 Å². The normalized spacial score (nSPS) is 11.6. The second kappa shape index (κ2) is 6.09. The van der Waals surface area contributed by atoms with Crippen molar-refractivity contribution in [2.75, 3.05) is 0 Å². The fraction of sp³-hybridized carbons (Fsp3) is 0.0714. The van der Waals surface area contributed by atoms with E-state index in [1.165, 1.54) is 0 Å². The number of halogens is 2. The molecular weight excluding hydrogens is 372 g/mol. The van der Waals surface area contributed by atoms with Gasteiger partial charge in [0.2, 0.25) is 0 Å². The third-order valence-corrected chi connectivity index (χ3v) is 3.44. The molecule has 0 saturated heterocycles. The zero-order chi connectivity index (χ0) is 13.8. The van der Waals surface area contributed by atoms with E-state index in [0.29, 0.717) is 11.3 Å². The molecule has 2 aromatic rings. The molecule has 1 atom stereocenters. The SMILES string of the molecule is N#CC(C(=O)c1cc(Br)cc(Br)c1)c1ccccn1. The molecular formula is C14H8Br2N2O. The lowest BCUT2D eigenvalue weighted by Crippen LogP contribution is -2.12. The first kappa shape index (κ1) is 13.9. The number of hydrogen-bond donors (Lipinski definition) is 0. The second-order valence-corrected chi connectivity index (χ2v) is 5.67. The number of rotatable bonds is 3. The third kappa shape index (κ3) is 3.28. The number of hydrogen-bond acceptors (Lipinski definition) is 3. The van der Waals surface area contributed by atoms with E-state index in [9.17, 15) is 10.1 Å². The summed E-state index contributed by atoms with van der Waals surface area (Å²) in [5, 5.41) is 9.22. The highest BCUT2D eigenvalue weighted by atomic mass is 79.9. The maximum absolute atomic E-state index is 12.4. The van der Waals surface area contributed by atoms with Crippen LogP contribution >= 0.6 is 31.9 Å². The van der Waals surface area contributed by atoms with Crippen molar-refractivity contribution in [3.8, 4) is 6.07 Å². The lowest BCUT2D eigenvalue weighted by molar-refractivity contribution is 0.0977. The zero-order valence-corrected chi connectivity index (χ0v) is 12.8. The Kier molecular flexibility index (Phi) is 4.46. The van der Waals surface area contributed by atoms with Crippen LogP contribution in [-0.4, -0.2) is 10.8 Å². The van der Waals surface area contributed by atoms with Crippen LogP contribution < -0.4 is 0 Å². The Morgan fingerprint density at radius 1 is 1.21 bits per heavy atom. The number of carbonyl (C=O) groups is 1. The van der Waals surface area contributed by atoms with E-state index in [2.05, 4.69) is 36.8 Å². The van der Waals surface area contributed by atoms with E-state index < -0.39 is 5.92 Å². The first-order chi connectivity index (χ1) is 9.11. The number of ketones is 1. The maximum atomic E-state index is 12.4. The van der Waals surface area contributed by atoms with E-state index in [-0.39, 0.29) is 5.78 Å². The monoisotopic (exact) mass is 378 g/mol. The van der Waals surface area contributed by atoms with Crippen molar-refractivity contribution in [1.82, 2.24) is 4.98 Å². The van der Waals surface area contributed by atoms with Gasteiger partial charge in [-0.2, -0.15) is 5.26 Å². The Bertz CT molecular complexity index is 630. The molecule has 0 fully saturated rings. The molecule has 0 bridgehead atoms. The quantitative estimate of drug-likeness (QED) is 0.754. The van der Waals surface area contributed by atoms with Gasteiger partial charge >= 0.3 is 0 Å². The Morgan fingerprint density at radius 3 is 2.42 bits per heavy atom. The van der Waals surface area contributed by atoms with Gasteiger partial charge in [0.15, 0.2) is 11.7 Å². The summed E-state index contributed by atoms with van der Waals surface area (Å²) in [5.41, 5.74) is 0.935. The van der Waals surface area contributed by atoms with Crippen LogP contribution in [0.3, 0.4) is 0 Å². The van der Waals surface area contributed by atoms with Crippen LogP contribution in [0.5, 0.6) is 0 Å². The van der Waals surface area contributed by atoms with E-state index in [1.54, 1.807) is 36.5 Å². The van der Waals surface area contributed by atoms with Gasteiger partial charge in [0.1, 0.15) is 0 Å². The highest BCUT2D eigenvalue weighted by Crippen LogP contribution is 2.24. The van der Waals surface area contributed by atoms with Gasteiger partial charge in [0.05, 0.1) is 11.8 Å². The van der Waals surface area contributed by atoms with E-state index in [0.717, 1.165) is 8.95 Å². The average molecular weight is 380 g/mol. The summed E-state index contributed by atoms with van der Waals surface area (Å²) >= 11 is 6.66. The van der Waals surface area contributed by atoms with Crippen molar-refractivity contribution in [2.24, 2.45) is 0 Å². The van der Waals surface area contributed by atoms with Gasteiger partial charge in [-0.3, -0.25) is 9.78 Å². The minimum absolute atomic E-state index is 0.261. The molecule has 0 aliphatic rings. The molecule has 94 valence electrons. The number of Topliss-reactive ketones (excluding diaryl/α,β-unsaturated/α-hetero) is 1. The van der Waals surface area contributed by atoms with E-state index in [1.807, 2.05) is 12.1 Å². The molecule has 0 amide bonds. The first-order valence-corrected chi connectivity index (χ1v) is 7.01. The average Bonchev–Trinajstić information content (AvgIpc) is 2.39. The molecule has 1 aromatic carbocycles. The first-order valence-electron chi connectivity index (χ1n) is 5.42. The van der Waals surface area contributed by atoms with Gasteiger partial charge in [0, 0.05) is 20.7 Å². The van der Waals surface area contributed by atoms with Crippen molar-refractivity contribution in [3.63, 3.8) is 0 Å². The topological polar surface area (TPSA) is 53.8 Å². The molecule has 1 aromatic heterocycles. The summed E-state index contributed by atoms with van der Waals surface area (Å²) < 4.78 is 1.56. The number of nitrogens with zero attached hydrogens (tertiary/aromatic N) is 2. The van der Waals surface area contributed by atoms with Gasteiger partial charge in [-0.1, -0.05) is 37.9 Å². The minimum atomic E-state index is -0.887. The lowest BCUT2D eigenvalue weighted by Gasteiger charge is -2.08. The van der Waals surface area contributed by atoms with Gasteiger partial charge < -0.3 is 0 Å². The van der Waals surface area contributed by atoms with Crippen LogP contribution in [0.25, 0.3) is 0 Å². The zero-order valence-electron chi connectivity index (χ0n) is 9.68. The lowest BCUT2D eigenvalue weighted by atomic mass is 9.95. The van der Waals surface area contributed by atoms with E-state index >= 15 is 0 Å².